The maximum atomic E-state index is 12.0. The summed E-state index contributed by atoms with van der Waals surface area (Å²) in [7, 11) is 0. The Balaban J connectivity index is 2.53. The van der Waals surface area contributed by atoms with Gasteiger partial charge in [0.1, 0.15) is 5.75 Å². The Labute approximate surface area is 139 Å². The molecule has 9 heteroatoms. The lowest BCUT2D eigenvalue weighted by molar-refractivity contribution is -0.147. The quantitative estimate of drug-likeness (QED) is 0.148. The number of hydrogen-bond donors (Lipinski definition) is 6. The maximum Gasteiger partial charge on any atom is 0.344 e. The monoisotopic (exact) mass is 337 g/mol. The summed E-state index contributed by atoms with van der Waals surface area (Å²) in [6.07, 6.45) is 0.768. The largest absolute Gasteiger partial charge is 0.508 e. The standard InChI is InChI=1S/C15H23N5O4/c16-14(17)19-9-1-8-15(18,13(23)24)20-12(22)7-4-10-2-5-11(21)6-3-10/h2-3,5-6,21H,1,4,7-9,18H2,(H,20,22)(H,23,24)(H4,16,17,19)/t15-/m1/s1. The number of carbonyl (C=O) groups is 2. The van der Waals surface area contributed by atoms with Crippen LogP contribution in [0, 0.1) is 0 Å². The first-order valence-electron chi connectivity index (χ1n) is 7.39. The predicted octanol–water partition coefficient (Wildman–Crippen LogP) is -0.766. The number of nitrogens with zero attached hydrogens (tertiary/aromatic N) is 1. The summed E-state index contributed by atoms with van der Waals surface area (Å²) in [5.74, 6) is -1.76. The lowest BCUT2D eigenvalue weighted by Crippen LogP contribution is -2.61. The van der Waals surface area contributed by atoms with E-state index >= 15 is 0 Å². The molecular weight excluding hydrogens is 314 g/mol. The van der Waals surface area contributed by atoms with E-state index in [1.54, 1.807) is 12.1 Å². The van der Waals surface area contributed by atoms with Gasteiger partial charge in [-0.25, -0.2) is 4.79 Å². The molecule has 1 aromatic carbocycles. The molecule has 1 amide bonds. The highest BCUT2D eigenvalue weighted by Crippen LogP contribution is 2.12. The number of guanidine groups is 1. The van der Waals surface area contributed by atoms with E-state index in [1.165, 1.54) is 12.1 Å². The highest BCUT2D eigenvalue weighted by atomic mass is 16.4. The van der Waals surface area contributed by atoms with Crippen LogP contribution in [-0.4, -0.2) is 40.3 Å². The molecule has 9 nitrogen and oxygen atoms in total. The van der Waals surface area contributed by atoms with Crippen LogP contribution in [0.1, 0.15) is 24.8 Å². The summed E-state index contributed by atoms with van der Waals surface area (Å²) in [6.45, 7) is 0.220. The number of carboxylic acids is 1. The SMILES string of the molecule is NC(N)=NCCC[C@@](N)(NC(=O)CCc1ccc(O)cc1)C(=O)O. The minimum absolute atomic E-state index is 0.00986. The molecule has 0 aliphatic heterocycles. The predicted molar refractivity (Wildman–Crippen MR) is 89.0 cm³/mol. The van der Waals surface area contributed by atoms with Crippen molar-refractivity contribution in [2.24, 2.45) is 22.2 Å². The molecule has 0 bridgehead atoms. The highest BCUT2D eigenvalue weighted by molar-refractivity contribution is 5.86. The van der Waals surface area contributed by atoms with Crippen LogP contribution in [0.5, 0.6) is 5.75 Å². The van der Waals surface area contributed by atoms with Gasteiger partial charge in [-0.15, -0.1) is 0 Å². The second-order valence-electron chi connectivity index (χ2n) is 5.40. The molecule has 0 radical (unpaired) electrons. The number of nitrogens with one attached hydrogen (secondary N) is 1. The zero-order valence-corrected chi connectivity index (χ0v) is 13.2. The summed E-state index contributed by atoms with van der Waals surface area (Å²) in [6, 6.07) is 6.40. The van der Waals surface area contributed by atoms with Crippen LogP contribution in [0.2, 0.25) is 0 Å². The number of nitrogens with two attached hydrogens (primary N) is 3. The van der Waals surface area contributed by atoms with Gasteiger partial charge >= 0.3 is 5.97 Å². The van der Waals surface area contributed by atoms with E-state index in [0.717, 1.165) is 5.56 Å². The Bertz CT molecular complexity index is 598. The first-order valence-corrected chi connectivity index (χ1v) is 7.39. The number of aryl methyl sites for hydroxylation is 1. The van der Waals surface area contributed by atoms with Crippen LogP contribution in [0.4, 0.5) is 0 Å². The number of aliphatic carboxylic acids is 1. The minimum atomic E-state index is -1.87. The van der Waals surface area contributed by atoms with Crippen LogP contribution in [0.3, 0.4) is 0 Å². The molecule has 0 saturated carbocycles. The highest BCUT2D eigenvalue weighted by Gasteiger charge is 2.34. The second kappa shape index (κ2) is 8.73. The minimum Gasteiger partial charge on any atom is -0.508 e. The third-order valence-electron chi connectivity index (χ3n) is 3.34. The molecule has 0 heterocycles. The maximum absolute atomic E-state index is 12.0. The molecule has 24 heavy (non-hydrogen) atoms. The van der Waals surface area contributed by atoms with Crippen LogP contribution in [-0.2, 0) is 16.0 Å². The average molecular weight is 337 g/mol. The molecular formula is C15H23N5O4. The van der Waals surface area contributed by atoms with Gasteiger partial charge in [-0.05, 0) is 37.0 Å². The van der Waals surface area contributed by atoms with Gasteiger partial charge in [-0.2, -0.15) is 0 Å². The summed E-state index contributed by atoms with van der Waals surface area (Å²) in [4.78, 5) is 27.1. The van der Waals surface area contributed by atoms with E-state index < -0.39 is 17.5 Å². The second-order valence-corrected chi connectivity index (χ2v) is 5.40. The van der Waals surface area contributed by atoms with Gasteiger partial charge in [0.25, 0.3) is 0 Å². The summed E-state index contributed by atoms with van der Waals surface area (Å²) < 4.78 is 0. The van der Waals surface area contributed by atoms with Gasteiger partial charge < -0.3 is 27.0 Å². The van der Waals surface area contributed by atoms with Crippen molar-refractivity contribution in [3.63, 3.8) is 0 Å². The smallest absolute Gasteiger partial charge is 0.344 e. The number of phenols is 1. The molecule has 0 aliphatic rings. The number of rotatable bonds is 9. The molecule has 0 aromatic heterocycles. The Morgan fingerprint density at radius 2 is 1.83 bits per heavy atom. The van der Waals surface area contributed by atoms with Gasteiger partial charge in [0.2, 0.25) is 5.91 Å². The fourth-order valence-corrected chi connectivity index (χ4v) is 2.02. The first-order chi connectivity index (χ1) is 11.2. The number of benzene rings is 1. The van der Waals surface area contributed by atoms with Crippen molar-refractivity contribution in [1.29, 1.82) is 0 Å². The zero-order valence-electron chi connectivity index (χ0n) is 13.2. The number of phenolic OH excluding ortho intramolecular Hbond substituents is 1. The van der Waals surface area contributed by atoms with Crippen molar-refractivity contribution in [2.75, 3.05) is 6.54 Å². The van der Waals surface area contributed by atoms with Crippen molar-refractivity contribution in [3.8, 4) is 5.75 Å². The van der Waals surface area contributed by atoms with E-state index in [-0.39, 0.29) is 31.1 Å². The molecule has 9 N–H and O–H groups in total. The van der Waals surface area contributed by atoms with Crippen LogP contribution in [0.15, 0.2) is 29.3 Å². The number of amides is 1. The summed E-state index contributed by atoms with van der Waals surface area (Å²) >= 11 is 0. The zero-order chi connectivity index (χ0) is 18.2. The van der Waals surface area contributed by atoms with Crippen molar-refractivity contribution in [2.45, 2.75) is 31.3 Å². The number of carboxylic acid groups (broad SMARTS) is 1. The van der Waals surface area contributed by atoms with Crippen LogP contribution >= 0.6 is 0 Å². The molecule has 1 aromatic rings. The van der Waals surface area contributed by atoms with Gasteiger partial charge in [0.05, 0.1) is 0 Å². The van der Waals surface area contributed by atoms with Crippen molar-refractivity contribution in [3.05, 3.63) is 29.8 Å². The van der Waals surface area contributed by atoms with Crippen LogP contribution < -0.4 is 22.5 Å². The topological polar surface area (TPSA) is 177 Å². The first kappa shape index (κ1) is 19.2. The van der Waals surface area contributed by atoms with E-state index in [2.05, 4.69) is 10.3 Å². The van der Waals surface area contributed by atoms with E-state index in [9.17, 15) is 19.8 Å². The van der Waals surface area contributed by atoms with E-state index in [4.69, 9.17) is 17.2 Å². The normalized spacial score (nSPS) is 12.9. The number of hydrogen-bond acceptors (Lipinski definition) is 5. The van der Waals surface area contributed by atoms with Gasteiger partial charge in [0, 0.05) is 13.0 Å². The molecule has 1 rings (SSSR count). The number of carbonyl (C=O) groups excluding carboxylic acids is 1. The third kappa shape index (κ3) is 6.53. The van der Waals surface area contributed by atoms with E-state index in [1.807, 2.05) is 0 Å². The van der Waals surface area contributed by atoms with Crippen molar-refractivity contribution < 1.29 is 19.8 Å². The summed E-state index contributed by atoms with van der Waals surface area (Å²) in [5, 5.41) is 20.8. The van der Waals surface area contributed by atoms with Gasteiger partial charge in [0.15, 0.2) is 11.6 Å². The number of aromatic hydroxyl groups is 1. The van der Waals surface area contributed by atoms with Crippen molar-refractivity contribution in [1.82, 2.24) is 5.32 Å². The van der Waals surface area contributed by atoms with Crippen LogP contribution in [0.25, 0.3) is 0 Å². The molecule has 1 atom stereocenters. The lowest BCUT2D eigenvalue weighted by atomic mass is 10.0. The fourth-order valence-electron chi connectivity index (χ4n) is 2.02. The average Bonchev–Trinajstić information content (AvgIpc) is 2.51. The van der Waals surface area contributed by atoms with Gasteiger partial charge in [-0.3, -0.25) is 15.5 Å². The molecule has 0 spiro atoms. The Hall–Kier alpha value is -2.81. The van der Waals surface area contributed by atoms with Gasteiger partial charge in [-0.1, -0.05) is 12.1 Å². The molecule has 0 fully saturated rings. The number of aliphatic imine (C=N–C) groups is 1. The van der Waals surface area contributed by atoms with Crippen molar-refractivity contribution >= 4 is 17.8 Å². The molecule has 0 unspecified atom stereocenters. The Morgan fingerprint density at radius 1 is 1.21 bits per heavy atom. The fraction of sp³-hybridized carbons (Fsp3) is 0.400. The molecule has 0 aliphatic carbocycles. The Kier molecular flexibility index (Phi) is 6.99. The molecule has 0 saturated heterocycles. The Morgan fingerprint density at radius 3 is 2.38 bits per heavy atom. The molecule has 132 valence electrons. The lowest BCUT2D eigenvalue weighted by Gasteiger charge is -2.25. The third-order valence-corrected chi connectivity index (χ3v) is 3.34. The van der Waals surface area contributed by atoms with E-state index in [0.29, 0.717) is 12.8 Å². The summed E-state index contributed by atoms with van der Waals surface area (Å²) in [5.41, 5.74) is 15.1.